The first-order valence-electron chi connectivity index (χ1n) is 7.58. The Morgan fingerprint density at radius 2 is 1.92 bits per heavy atom. The summed E-state index contributed by atoms with van der Waals surface area (Å²) in [6, 6.07) is 10.7. The topological polar surface area (TPSA) is 88.0 Å². The molecule has 0 atom stereocenters. The van der Waals surface area contributed by atoms with E-state index in [1.54, 1.807) is 30.5 Å². The fourth-order valence-electron chi connectivity index (χ4n) is 2.32. The molecule has 2 heterocycles. The average Bonchev–Trinajstić information content (AvgIpc) is 2.55. The second kappa shape index (κ2) is 5.88. The molecule has 6 nitrogen and oxygen atoms in total. The Labute approximate surface area is 139 Å². The van der Waals surface area contributed by atoms with Crippen LogP contribution in [-0.4, -0.2) is 26.2 Å². The van der Waals surface area contributed by atoms with Gasteiger partial charge in [0.05, 0.1) is 5.52 Å². The third-order valence-corrected chi connectivity index (χ3v) is 3.72. The zero-order chi connectivity index (χ0) is 17.3. The van der Waals surface area contributed by atoms with Gasteiger partial charge in [-0.05, 0) is 35.2 Å². The molecule has 0 saturated heterocycles. The molecule has 3 rings (SSSR count). The smallest absolute Gasteiger partial charge is 0.281 e. The predicted octanol–water partition coefficient (Wildman–Crippen LogP) is 3.28. The summed E-state index contributed by atoms with van der Waals surface area (Å²) >= 11 is 0. The zero-order valence-electron chi connectivity index (χ0n) is 13.7. The third-order valence-electron chi connectivity index (χ3n) is 3.72. The van der Waals surface area contributed by atoms with E-state index in [1.807, 2.05) is 12.1 Å². The summed E-state index contributed by atoms with van der Waals surface area (Å²) in [7, 11) is 0. The first-order valence-corrected chi connectivity index (χ1v) is 7.58. The summed E-state index contributed by atoms with van der Waals surface area (Å²) in [5.41, 5.74) is 1.36. The largest absolute Gasteiger partial charge is 0.505 e. The zero-order valence-corrected chi connectivity index (χ0v) is 13.7. The molecule has 2 aromatic heterocycles. The molecular weight excluding hydrogens is 304 g/mol. The van der Waals surface area contributed by atoms with Gasteiger partial charge in [0.25, 0.3) is 5.91 Å². The quantitative estimate of drug-likeness (QED) is 0.756. The first-order chi connectivity index (χ1) is 11.4. The number of aromatic nitrogens is 3. The Morgan fingerprint density at radius 3 is 2.58 bits per heavy atom. The Balaban J connectivity index is 2.02. The van der Waals surface area contributed by atoms with Crippen LogP contribution in [-0.2, 0) is 5.41 Å². The minimum atomic E-state index is -0.554. The number of aromatic hydroxyl groups is 1. The van der Waals surface area contributed by atoms with Crippen molar-refractivity contribution in [1.82, 2.24) is 15.2 Å². The van der Waals surface area contributed by atoms with E-state index in [4.69, 9.17) is 0 Å². The van der Waals surface area contributed by atoms with Gasteiger partial charge in [0.1, 0.15) is 5.82 Å². The predicted molar refractivity (Wildman–Crippen MR) is 92.1 cm³/mol. The number of fused-ring (bicyclic) bond motifs is 1. The summed E-state index contributed by atoms with van der Waals surface area (Å²) in [6.07, 6.45) is 1.57. The monoisotopic (exact) mass is 322 g/mol. The van der Waals surface area contributed by atoms with Gasteiger partial charge >= 0.3 is 0 Å². The summed E-state index contributed by atoms with van der Waals surface area (Å²) in [6.45, 7) is 6.23. The van der Waals surface area contributed by atoms with Crippen molar-refractivity contribution < 1.29 is 9.90 Å². The normalized spacial score (nSPS) is 11.5. The van der Waals surface area contributed by atoms with E-state index in [0.717, 1.165) is 5.56 Å². The van der Waals surface area contributed by atoms with Crippen molar-refractivity contribution in [3.8, 4) is 5.75 Å². The number of hydrogen-bond donors (Lipinski definition) is 2. The van der Waals surface area contributed by atoms with Crippen molar-refractivity contribution >= 4 is 22.6 Å². The Bertz CT molecular complexity index is 902. The minimum absolute atomic E-state index is 0.0831. The maximum Gasteiger partial charge on any atom is 0.281 e. The van der Waals surface area contributed by atoms with Crippen LogP contribution in [0, 0.1) is 0 Å². The summed E-state index contributed by atoms with van der Waals surface area (Å²) < 4.78 is 0. The Hall–Kier alpha value is -3.02. The highest BCUT2D eigenvalue weighted by atomic mass is 16.3. The lowest BCUT2D eigenvalue weighted by Gasteiger charge is -2.19. The van der Waals surface area contributed by atoms with Crippen molar-refractivity contribution in [1.29, 1.82) is 0 Å². The van der Waals surface area contributed by atoms with Gasteiger partial charge in [-0.15, -0.1) is 10.2 Å². The molecule has 0 radical (unpaired) electrons. The van der Waals surface area contributed by atoms with Crippen LogP contribution in [0.15, 0.2) is 42.6 Å². The minimum Gasteiger partial charge on any atom is -0.505 e. The SMILES string of the molecule is CC(C)(C)c1ccc2nnc(C(=O)Nc3ccccn3)c(O)c2c1. The molecule has 24 heavy (non-hydrogen) atoms. The van der Waals surface area contributed by atoms with Crippen molar-refractivity contribution in [2.75, 3.05) is 5.32 Å². The fourth-order valence-corrected chi connectivity index (χ4v) is 2.32. The summed E-state index contributed by atoms with van der Waals surface area (Å²) in [4.78, 5) is 16.4. The Morgan fingerprint density at radius 1 is 1.12 bits per heavy atom. The molecule has 0 saturated carbocycles. The van der Waals surface area contributed by atoms with Crippen LogP contribution >= 0.6 is 0 Å². The van der Waals surface area contributed by atoms with Gasteiger partial charge in [-0.25, -0.2) is 4.98 Å². The highest BCUT2D eigenvalue weighted by Gasteiger charge is 2.20. The Kier molecular flexibility index (Phi) is 3.89. The molecule has 0 aliphatic rings. The molecule has 1 aromatic carbocycles. The number of anilines is 1. The lowest BCUT2D eigenvalue weighted by atomic mass is 9.86. The van der Waals surface area contributed by atoms with Crippen LogP contribution < -0.4 is 5.32 Å². The van der Waals surface area contributed by atoms with E-state index < -0.39 is 5.91 Å². The number of hydrogen-bond acceptors (Lipinski definition) is 5. The third kappa shape index (κ3) is 3.03. The number of amides is 1. The van der Waals surface area contributed by atoms with Crippen molar-refractivity contribution in [3.05, 3.63) is 53.9 Å². The molecule has 2 N–H and O–H groups in total. The summed E-state index contributed by atoms with van der Waals surface area (Å²) in [5.74, 6) is -0.353. The molecule has 0 aliphatic heterocycles. The van der Waals surface area contributed by atoms with E-state index in [1.165, 1.54) is 0 Å². The molecule has 0 unspecified atom stereocenters. The molecule has 122 valence electrons. The van der Waals surface area contributed by atoms with Crippen molar-refractivity contribution in [2.45, 2.75) is 26.2 Å². The van der Waals surface area contributed by atoms with Crippen molar-refractivity contribution in [3.63, 3.8) is 0 Å². The number of pyridine rings is 1. The van der Waals surface area contributed by atoms with Crippen molar-refractivity contribution in [2.24, 2.45) is 0 Å². The molecule has 3 aromatic rings. The molecule has 0 spiro atoms. The molecule has 0 fully saturated rings. The van der Waals surface area contributed by atoms with Crippen LogP contribution in [0.25, 0.3) is 10.9 Å². The van der Waals surface area contributed by atoms with Crippen LogP contribution in [0.3, 0.4) is 0 Å². The van der Waals surface area contributed by atoms with E-state index >= 15 is 0 Å². The van der Waals surface area contributed by atoms with E-state index in [2.05, 4.69) is 41.3 Å². The van der Waals surface area contributed by atoms with E-state index in [0.29, 0.717) is 16.7 Å². The molecule has 6 heteroatoms. The van der Waals surface area contributed by atoms with E-state index in [-0.39, 0.29) is 16.9 Å². The molecular formula is C18H18N4O2. The number of nitrogens with one attached hydrogen (secondary N) is 1. The van der Waals surface area contributed by atoms with Crippen LogP contribution in [0.4, 0.5) is 5.82 Å². The fraction of sp³-hybridized carbons (Fsp3) is 0.222. The second-order valence-corrected chi connectivity index (χ2v) is 6.55. The van der Waals surface area contributed by atoms with Gasteiger partial charge in [-0.1, -0.05) is 32.9 Å². The standard InChI is InChI=1S/C18H18N4O2/c1-18(2,3)11-7-8-13-12(10-11)16(23)15(22-21-13)17(24)20-14-6-4-5-9-19-14/h4-10H,1-3H3,(H,21,23)(H,19,20,24). The number of rotatable bonds is 2. The van der Waals surface area contributed by atoms with Crippen LogP contribution in [0.5, 0.6) is 5.75 Å². The van der Waals surface area contributed by atoms with Gasteiger partial charge in [0.15, 0.2) is 11.4 Å². The lowest BCUT2D eigenvalue weighted by Crippen LogP contribution is -2.16. The van der Waals surface area contributed by atoms with Crippen LogP contribution in [0.1, 0.15) is 36.8 Å². The van der Waals surface area contributed by atoms with Gasteiger partial charge in [0, 0.05) is 11.6 Å². The number of carbonyl (C=O) groups is 1. The highest BCUT2D eigenvalue weighted by molar-refractivity contribution is 6.07. The number of carbonyl (C=O) groups excluding carboxylic acids is 1. The van der Waals surface area contributed by atoms with Crippen LogP contribution in [0.2, 0.25) is 0 Å². The second-order valence-electron chi connectivity index (χ2n) is 6.55. The number of benzene rings is 1. The number of nitrogens with zero attached hydrogens (tertiary/aromatic N) is 3. The summed E-state index contributed by atoms with van der Waals surface area (Å²) in [5, 5.41) is 21.5. The van der Waals surface area contributed by atoms with Gasteiger partial charge in [-0.2, -0.15) is 0 Å². The molecule has 0 bridgehead atoms. The molecule has 1 amide bonds. The average molecular weight is 322 g/mol. The first kappa shape index (κ1) is 15.9. The maximum atomic E-state index is 12.3. The van der Waals surface area contributed by atoms with Gasteiger partial charge in [0.2, 0.25) is 0 Å². The lowest BCUT2D eigenvalue weighted by molar-refractivity contribution is 0.101. The molecule has 0 aliphatic carbocycles. The maximum absolute atomic E-state index is 12.3. The van der Waals surface area contributed by atoms with Gasteiger partial charge in [-0.3, -0.25) is 4.79 Å². The highest BCUT2D eigenvalue weighted by Crippen LogP contribution is 2.31. The van der Waals surface area contributed by atoms with E-state index in [9.17, 15) is 9.90 Å². The van der Waals surface area contributed by atoms with Gasteiger partial charge < -0.3 is 10.4 Å².